The van der Waals surface area contributed by atoms with Crippen molar-refractivity contribution in [1.82, 2.24) is 24.5 Å². The number of halogens is 3. The van der Waals surface area contributed by atoms with Crippen LogP contribution in [-0.2, 0) is 7.05 Å². The first-order chi connectivity index (χ1) is 14.2. The van der Waals surface area contributed by atoms with Crippen LogP contribution in [-0.4, -0.2) is 55.7 Å². The number of nitrogens with zero attached hydrogens (tertiary/aromatic N) is 5. The molecule has 0 spiro atoms. The summed E-state index contributed by atoms with van der Waals surface area (Å²) in [5.41, 5.74) is 2.09. The molecule has 10 heteroatoms. The van der Waals surface area contributed by atoms with Gasteiger partial charge in [0.1, 0.15) is 5.82 Å². The third-order valence-electron chi connectivity index (χ3n) is 6.45. The molecule has 1 N–H and O–H groups in total. The molecule has 30 heavy (non-hydrogen) atoms. The lowest BCUT2D eigenvalue weighted by Gasteiger charge is -2.32. The van der Waals surface area contributed by atoms with Gasteiger partial charge >= 0.3 is 6.18 Å². The number of anilines is 1. The largest absolute Gasteiger partial charge is 0.410 e. The van der Waals surface area contributed by atoms with Gasteiger partial charge in [0.05, 0.1) is 17.5 Å². The zero-order valence-electron chi connectivity index (χ0n) is 17.4. The maximum absolute atomic E-state index is 13.6. The number of nitrogens with one attached hydrogen (secondary N) is 1. The minimum atomic E-state index is -4.33. The lowest BCUT2D eigenvalue weighted by atomic mass is 9.93. The molecule has 4 rings (SSSR count). The Kier molecular flexibility index (Phi) is 5.27. The van der Waals surface area contributed by atoms with Gasteiger partial charge in [-0.15, -0.1) is 0 Å². The van der Waals surface area contributed by atoms with E-state index >= 15 is 0 Å². The summed E-state index contributed by atoms with van der Waals surface area (Å²) >= 11 is 0. The van der Waals surface area contributed by atoms with E-state index in [1.165, 1.54) is 0 Å². The first-order valence-corrected chi connectivity index (χ1v) is 10.4. The van der Waals surface area contributed by atoms with Crippen LogP contribution in [0.1, 0.15) is 66.3 Å². The third-order valence-corrected chi connectivity index (χ3v) is 6.45. The van der Waals surface area contributed by atoms with Crippen LogP contribution in [0.2, 0.25) is 0 Å². The zero-order valence-corrected chi connectivity index (χ0v) is 17.4. The number of amides is 1. The van der Waals surface area contributed by atoms with Crippen molar-refractivity contribution in [2.45, 2.75) is 63.7 Å². The molecule has 4 heterocycles. The maximum Gasteiger partial charge on any atom is 0.410 e. The maximum atomic E-state index is 13.6. The smallest absolute Gasteiger partial charge is 0.367 e. The predicted molar refractivity (Wildman–Crippen MR) is 105 cm³/mol. The molecule has 2 atom stereocenters. The number of carbonyl (C=O) groups excluding carboxylic acids is 1. The van der Waals surface area contributed by atoms with E-state index in [1.54, 1.807) is 28.9 Å². The van der Waals surface area contributed by atoms with Crippen LogP contribution in [0.5, 0.6) is 0 Å². The van der Waals surface area contributed by atoms with Crippen molar-refractivity contribution in [3.63, 3.8) is 0 Å². The number of fused-ring (bicyclic) bond motifs is 1. The zero-order chi connectivity index (χ0) is 21.6. The highest BCUT2D eigenvalue weighted by atomic mass is 19.4. The molecule has 2 aromatic rings. The van der Waals surface area contributed by atoms with Crippen molar-refractivity contribution >= 4 is 11.7 Å². The predicted octanol–water partition coefficient (Wildman–Crippen LogP) is 3.64. The van der Waals surface area contributed by atoms with Crippen LogP contribution in [0, 0.1) is 6.92 Å². The monoisotopic (exact) mass is 424 g/mol. The van der Waals surface area contributed by atoms with Crippen LogP contribution in [0.4, 0.5) is 19.0 Å². The Bertz CT molecular complexity index is 926. The van der Waals surface area contributed by atoms with Crippen molar-refractivity contribution in [2.24, 2.45) is 7.05 Å². The summed E-state index contributed by atoms with van der Waals surface area (Å²) in [7, 11) is 1.80. The number of carbonyl (C=O) groups is 1. The number of piperidine rings is 1. The Labute approximate surface area is 173 Å². The number of hydrogen-bond donors (Lipinski definition) is 1. The first-order valence-electron chi connectivity index (χ1n) is 10.4. The van der Waals surface area contributed by atoms with Crippen LogP contribution in [0.15, 0.2) is 12.3 Å². The van der Waals surface area contributed by atoms with E-state index in [-0.39, 0.29) is 24.3 Å². The lowest BCUT2D eigenvalue weighted by molar-refractivity contribution is -0.173. The molecule has 1 saturated heterocycles. The molecule has 164 valence electrons. The van der Waals surface area contributed by atoms with Crippen LogP contribution >= 0.6 is 0 Å². The summed E-state index contributed by atoms with van der Waals surface area (Å²) in [4.78, 5) is 14.6. The summed E-state index contributed by atoms with van der Waals surface area (Å²) in [5, 5.41) is 11.7. The standard InChI is InChI=1S/C20H27F3N6O/c1-4-14-9-17(20(21,22)23)29-18(25-14)10-16(26-29)13-5-7-28(8-6-13)19(30)15-11-24-27(3)12(15)2/h10-11,13-14,17,25H,4-9H2,1-3H3/t14-,17-/m1/s1. The second-order valence-electron chi connectivity index (χ2n) is 8.28. The molecule has 1 fully saturated rings. The molecule has 0 aromatic carbocycles. The quantitative estimate of drug-likeness (QED) is 0.817. The van der Waals surface area contributed by atoms with E-state index in [0.717, 1.165) is 10.4 Å². The second-order valence-corrected chi connectivity index (χ2v) is 8.28. The van der Waals surface area contributed by atoms with E-state index in [9.17, 15) is 18.0 Å². The molecule has 2 aliphatic rings. The van der Waals surface area contributed by atoms with Crippen molar-refractivity contribution in [1.29, 1.82) is 0 Å². The summed E-state index contributed by atoms with van der Waals surface area (Å²) in [6, 6.07) is -0.0490. The number of rotatable bonds is 3. The minimum absolute atomic E-state index is 0.00840. The van der Waals surface area contributed by atoms with Crippen molar-refractivity contribution < 1.29 is 18.0 Å². The number of likely N-dealkylation sites (tertiary alicyclic amines) is 1. The number of alkyl halides is 3. The van der Waals surface area contributed by atoms with Gasteiger partial charge in [-0.05, 0) is 32.6 Å². The summed E-state index contributed by atoms with van der Waals surface area (Å²) in [6.45, 7) is 4.84. The Morgan fingerprint density at radius 3 is 2.57 bits per heavy atom. The van der Waals surface area contributed by atoms with E-state index in [1.807, 2.05) is 13.8 Å². The molecule has 0 saturated carbocycles. The molecular formula is C20H27F3N6O. The fourth-order valence-electron chi connectivity index (χ4n) is 4.39. The number of aromatic nitrogens is 4. The lowest BCUT2D eigenvalue weighted by Crippen LogP contribution is -2.39. The summed E-state index contributed by atoms with van der Waals surface area (Å²) in [6.07, 6.45) is -0.775. The average Bonchev–Trinajstić information content (AvgIpc) is 3.29. The molecule has 0 bridgehead atoms. The van der Waals surface area contributed by atoms with Gasteiger partial charge in [-0.3, -0.25) is 9.48 Å². The van der Waals surface area contributed by atoms with Crippen molar-refractivity contribution in [3.8, 4) is 0 Å². The van der Waals surface area contributed by atoms with Gasteiger partial charge in [-0.1, -0.05) is 6.92 Å². The Morgan fingerprint density at radius 1 is 1.30 bits per heavy atom. The van der Waals surface area contributed by atoms with E-state index in [4.69, 9.17) is 0 Å². The van der Waals surface area contributed by atoms with E-state index < -0.39 is 12.2 Å². The van der Waals surface area contributed by atoms with Gasteiger partial charge in [-0.2, -0.15) is 23.4 Å². The normalized spacial score (nSPS) is 22.7. The SMILES string of the molecule is CC[C@@H]1C[C@H](C(F)(F)F)n2nc(C3CCN(C(=O)c4cnn(C)c4C)CC3)cc2N1. The fraction of sp³-hybridized carbons (Fsp3) is 0.650. The van der Waals surface area contributed by atoms with Gasteiger partial charge in [0.15, 0.2) is 6.04 Å². The Hall–Kier alpha value is -2.52. The molecule has 0 aliphatic carbocycles. The summed E-state index contributed by atoms with van der Waals surface area (Å²) in [5.74, 6) is 0.431. The molecule has 1 amide bonds. The number of aryl methyl sites for hydroxylation is 1. The van der Waals surface area contributed by atoms with E-state index in [2.05, 4.69) is 15.5 Å². The van der Waals surface area contributed by atoms with Gasteiger partial charge < -0.3 is 10.2 Å². The van der Waals surface area contributed by atoms with Crippen molar-refractivity contribution in [2.75, 3.05) is 18.4 Å². The number of hydrogen-bond acceptors (Lipinski definition) is 4. The van der Waals surface area contributed by atoms with Gasteiger partial charge in [0.2, 0.25) is 0 Å². The highest BCUT2D eigenvalue weighted by molar-refractivity contribution is 5.95. The summed E-state index contributed by atoms with van der Waals surface area (Å²) < 4.78 is 43.5. The van der Waals surface area contributed by atoms with Crippen LogP contribution < -0.4 is 5.32 Å². The topological polar surface area (TPSA) is 68.0 Å². The molecular weight excluding hydrogens is 397 g/mol. The van der Waals surface area contributed by atoms with Gasteiger partial charge in [0.25, 0.3) is 5.91 Å². The molecule has 0 unspecified atom stereocenters. The molecule has 2 aromatic heterocycles. The van der Waals surface area contributed by atoms with Crippen LogP contribution in [0.25, 0.3) is 0 Å². The van der Waals surface area contributed by atoms with E-state index in [0.29, 0.717) is 49.4 Å². The first kappa shape index (κ1) is 20.7. The highest BCUT2D eigenvalue weighted by Gasteiger charge is 2.46. The second kappa shape index (κ2) is 7.63. The fourth-order valence-corrected chi connectivity index (χ4v) is 4.39. The third kappa shape index (κ3) is 3.67. The van der Waals surface area contributed by atoms with Crippen LogP contribution in [0.3, 0.4) is 0 Å². The molecule has 7 nitrogen and oxygen atoms in total. The Balaban J connectivity index is 1.48. The molecule has 2 aliphatic heterocycles. The Morgan fingerprint density at radius 2 is 2.00 bits per heavy atom. The minimum Gasteiger partial charge on any atom is -0.367 e. The van der Waals surface area contributed by atoms with Gasteiger partial charge in [-0.25, -0.2) is 4.68 Å². The van der Waals surface area contributed by atoms with Crippen molar-refractivity contribution in [3.05, 3.63) is 29.2 Å². The molecule has 0 radical (unpaired) electrons. The van der Waals surface area contributed by atoms with Gasteiger partial charge in [0, 0.05) is 43.9 Å². The average molecular weight is 424 g/mol. The highest BCUT2D eigenvalue weighted by Crippen LogP contribution is 2.41.